The maximum atomic E-state index is 10.8. The standard InChI is InChI=1S/C7H14N2O2/c1-8-4-6-5-9-7(10)2-3-11-6/h6,8H,2-5H2,1H3,(H,9,10). The molecule has 0 radical (unpaired) electrons. The molecule has 0 aromatic heterocycles. The van der Waals surface area contributed by atoms with Crippen molar-refractivity contribution in [1.82, 2.24) is 10.6 Å². The third-order valence-electron chi connectivity index (χ3n) is 1.64. The van der Waals surface area contributed by atoms with Crippen LogP contribution in [0.4, 0.5) is 0 Å². The van der Waals surface area contributed by atoms with Gasteiger partial charge >= 0.3 is 0 Å². The van der Waals surface area contributed by atoms with Gasteiger partial charge in [-0.2, -0.15) is 0 Å². The second-order valence-electron chi connectivity index (χ2n) is 2.60. The predicted octanol–water partition coefficient (Wildman–Crippen LogP) is -0.889. The highest BCUT2D eigenvalue weighted by Crippen LogP contribution is 1.96. The Bertz CT molecular complexity index is 138. The van der Waals surface area contributed by atoms with Crippen LogP contribution >= 0.6 is 0 Å². The summed E-state index contributed by atoms with van der Waals surface area (Å²) in [5, 5.41) is 5.78. The molecular weight excluding hydrogens is 144 g/mol. The molecule has 0 aliphatic carbocycles. The fraction of sp³-hybridized carbons (Fsp3) is 0.857. The topological polar surface area (TPSA) is 50.4 Å². The van der Waals surface area contributed by atoms with Crippen molar-refractivity contribution in [3.05, 3.63) is 0 Å². The number of hydrogen-bond acceptors (Lipinski definition) is 3. The predicted molar refractivity (Wildman–Crippen MR) is 41.3 cm³/mol. The average molecular weight is 158 g/mol. The molecule has 0 aromatic carbocycles. The fourth-order valence-corrected chi connectivity index (χ4v) is 1.05. The van der Waals surface area contributed by atoms with Gasteiger partial charge in [-0.05, 0) is 7.05 Å². The van der Waals surface area contributed by atoms with Crippen molar-refractivity contribution in [1.29, 1.82) is 0 Å². The first-order valence-electron chi connectivity index (χ1n) is 3.86. The minimum absolute atomic E-state index is 0.0867. The lowest BCUT2D eigenvalue weighted by Gasteiger charge is -2.12. The summed E-state index contributed by atoms with van der Waals surface area (Å²) in [4.78, 5) is 10.8. The van der Waals surface area contributed by atoms with Crippen LogP contribution < -0.4 is 10.6 Å². The van der Waals surface area contributed by atoms with Gasteiger partial charge in [-0.25, -0.2) is 0 Å². The van der Waals surface area contributed by atoms with Crippen LogP contribution in [0.1, 0.15) is 6.42 Å². The Balaban J connectivity index is 2.28. The highest BCUT2D eigenvalue weighted by molar-refractivity contribution is 5.76. The first kappa shape index (κ1) is 8.49. The molecule has 0 bridgehead atoms. The molecule has 1 saturated heterocycles. The summed E-state index contributed by atoms with van der Waals surface area (Å²) < 4.78 is 5.37. The van der Waals surface area contributed by atoms with Gasteiger partial charge in [0.2, 0.25) is 5.91 Å². The fourth-order valence-electron chi connectivity index (χ4n) is 1.05. The summed E-state index contributed by atoms with van der Waals surface area (Å²) in [6.07, 6.45) is 0.617. The van der Waals surface area contributed by atoms with Gasteiger partial charge in [-0.1, -0.05) is 0 Å². The third kappa shape index (κ3) is 2.86. The Kier molecular flexibility index (Phi) is 3.32. The summed E-state index contributed by atoms with van der Waals surface area (Å²) in [6.45, 7) is 1.96. The van der Waals surface area contributed by atoms with E-state index in [-0.39, 0.29) is 12.0 Å². The van der Waals surface area contributed by atoms with Gasteiger partial charge in [0, 0.05) is 19.5 Å². The Labute approximate surface area is 66.3 Å². The van der Waals surface area contributed by atoms with Crippen LogP contribution in [0.2, 0.25) is 0 Å². The molecular formula is C7H14N2O2. The number of hydrogen-bond donors (Lipinski definition) is 2. The number of nitrogens with one attached hydrogen (secondary N) is 2. The lowest BCUT2D eigenvalue weighted by Crippen LogP contribution is -2.35. The van der Waals surface area contributed by atoms with Crippen LogP contribution in [0.25, 0.3) is 0 Å². The van der Waals surface area contributed by atoms with Crippen LogP contribution in [0.15, 0.2) is 0 Å². The second-order valence-corrected chi connectivity index (χ2v) is 2.60. The zero-order valence-electron chi connectivity index (χ0n) is 6.72. The van der Waals surface area contributed by atoms with Crippen molar-refractivity contribution in [3.63, 3.8) is 0 Å². The summed E-state index contributed by atoms with van der Waals surface area (Å²) in [6, 6.07) is 0. The Morgan fingerprint density at radius 3 is 3.36 bits per heavy atom. The Morgan fingerprint density at radius 1 is 1.82 bits per heavy atom. The van der Waals surface area contributed by atoms with Crippen molar-refractivity contribution in [2.75, 3.05) is 26.7 Å². The summed E-state index contributed by atoms with van der Waals surface area (Å²) in [5.41, 5.74) is 0. The number of amides is 1. The van der Waals surface area contributed by atoms with Crippen molar-refractivity contribution in [2.24, 2.45) is 0 Å². The minimum atomic E-state index is 0.0867. The molecule has 0 aromatic rings. The smallest absolute Gasteiger partial charge is 0.222 e. The van der Waals surface area contributed by atoms with E-state index in [1.807, 2.05) is 7.05 Å². The van der Waals surface area contributed by atoms with Gasteiger partial charge in [0.25, 0.3) is 0 Å². The molecule has 1 atom stereocenters. The molecule has 1 fully saturated rings. The van der Waals surface area contributed by atoms with Gasteiger partial charge in [0.05, 0.1) is 12.7 Å². The summed E-state index contributed by atoms with van der Waals surface area (Å²) >= 11 is 0. The first-order valence-corrected chi connectivity index (χ1v) is 3.86. The zero-order chi connectivity index (χ0) is 8.10. The maximum Gasteiger partial charge on any atom is 0.222 e. The molecule has 0 spiro atoms. The van der Waals surface area contributed by atoms with Crippen molar-refractivity contribution in [2.45, 2.75) is 12.5 Å². The van der Waals surface area contributed by atoms with E-state index in [0.29, 0.717) is 19.6 Å². The molecule has 4 heteroatoms. The third-order valence-corrected chi connectivity index (χ3v) is 1.64. The largest absolute Gasteiger partial charge is 0.375 e. The molecule has 1 amide bonds. The average Bonchev–Trinajstić information content (AvgIpc) is 2.17. The number of likely N-dealkylation sites (N-methyl/N-ethyl adjacent to an activating group) is 1. The normalized spacial score (nSPS) is 25.9. The highest BCUT2D eigenvalue weighted by Gasteiger charge is 2.14. The van der Waals surface area contributed by atoms with Gasteiger partial charge in [-0.3, -0.25) is 4.79 Å². The Morgan fingerprint density at radius 2 is 2.64 bits per heavy atom. The molecule has 1 heterocycles. The minimum Gasteiger partial charge on any atom is -0.375 e. The number of ether oxygens (including phenoxy) is 1. The van der Waals surface area contributed by atoms with E-state index in [1.54, 1.807) is 0 Å². The lowest BCUT2D eigenvalue weighted by atomic mass is 10.3. The van der Waals surface area contributed by atoms with E-state index in [0.717, 1.165) is 6.54 Å². The van der Waals surface area contributed by atoms with E-state index in [1.165, 1.54) is 0 Å². The van der Waals surface area contributed by atoms with Crippen LogP contribution in [-0.2, 0) is 9.53 Å². The van der Waals surface area contributed by atoms with Crippen molar-refractivity contribution in [3.8, 4) is 0 Å². The van der Waals surface area contributed by atoms with E-state index >= 15 is 0 Å². The van der Waals surface area contributed by atoms with E-state index in [9.17, 15) is 4.79 Å². The van der Waals surface area contributed by atoms with Crippen LogP contribution in [-0.4, -0.2) is 38.8 Å². The summed E-state index contributed by atoms with van der Waals surface area (Å²) in [5.74, 6) is 0.0867. The molecule has 4 nitrogen and oxygen atoms in total. The lowest BCUT2D eigenvalue weighted by molar-refractivity contribution is -0.120. The number of carbonyl (C=O) groups is 1. The Hall–Kier alpha value is -0.610. The number of rotatable bonds is 2. The molecule has 1 aliphatic rings. The maximum absolute atomic E-state index is 10.8. The van der Waals surface area contributed by atoms with Gasteiger partial charge in [0.15, 0.2) is 0 Å². The van der Waals surface area contributed by atoms with Gasteiger partial charge in [0.1, 0.15) is 0 Å². The van der Waals surface area contributed by atoms with Crippen LogP contribution in [0.5, 0.6) is 0 Å². The molecule has 0 saturated carbocycles. The van der Waals surface area contributed by atoms with E-state index < -0.39 is 0 Å². The van der Waals surface area contributed by atoms with Crippen molar-refractivity contribution >= 4 is 5.91 Å². The quantitative estimate of drug-likeness (QED) is 0.548. The van der Waals surface area contributed by atoms with E-state index in [4.69, 9.17) is 4.74 Å². The van der Waals surface area contributed by atoms with Gasteiger partial charge in [-0.15, -0.1) is 0 Å². The second kappa shape index (κ2) is 4.31. The molecule has 2 N–H and O–H groups in total. The molecule has 1 aliphatic heterocycles. The number of carbonyl (C=O) groups excluding carboxylic acids is 1. The van der Waals surface area contributed by atoms with E-state index in [2.05, 4.69) is 10.6 Å². The summed E-state index contributed by atoms with van der Waals surface area (Å²) in [7, 11) is 1.87. The first-order chi connectivity index (χ1) is 5.33. The molecule has 64 valence electrons. The van der Waals surface area contributed by atoms with Crippen LogP contribution in [0, 0.1) is 0 Å². The van der Waals surface area contributed by atoms with Gasteiger partial charge < -0.3 is 15.4 Å². The molecule has 1 rings (SSSR count). The zero-order valence-corrected chi connectivity index (χ0v) is 6.72. The monoisotopic (exact) mass is 158 g/mol. The van der Waals surface area contributed by atoms with Crippen LogP contribution in [0.3, 0.4) is 0 Å². The highest BCUT2D eigenvalue weighted by atomic mass is 16.5. The SMILES string of the molecule is CNCC1CNC(=O)CCO1. The van der Waals surface area contributed by atoms with Crippen molar-refractivity contribution < 1.29 is 9.53 Å². The molecule has 11 heavy (non-hydrogen) atoms. The molecule has 1 unspecified atom stereocenters.